The quantitative estimate of drug-likeness (QED) is 0.171. The van der Waals surface area contributed by atoms with Crippen molar-refractivity contribution in [2.75, 3.05) is 10.8 Å². The van der Waals surface area contributed by atoms with Crippen molar-refractivity contribution in [1.82, 2.24) is 10.2 Å². The summed E-state index contributed by atoms with van der Waals surface area (Å²) >= 11 is 19.2. The van der Waals surface area contributed by atoms with Crippen LogP contribution in [-0.4, -0.2) is 43.3 Å². The van der Waals surface area contributed by atoms with Gasteiger partial charge in [-0.1, -0.05) is 77.3 Å². The van der Waals surface area contributed by atoms with Gasteiger partial charge < -0.3 is 10.2 Å². The normalized spacial score (nSPS) is 12.3. The number of rotatable bonds is 11. The van der Waals surface area contributed by atoms with Gasteiger partial charge in [0.15, 0.2) is 0 Å². The molecule has 4 rings (SSSR count). The molecule has 4 aromatic rings. The number of amides is 2. The Kier molecular flexibility index (Phi) is 11.7. The third-order valence-corrected chi connectivity index (χ3v) is 10.4. The van der Waals surface area contributed by atoms with Crippen molar-refractivity contribution in [1.29, 1.82) is 0 Å². The van der Waals surface area contributed by atoms with Crippen LogP contribution >= 0.6 is 34.8 Å². The van der Waals surface area contributed by atoms with Crippen molar-refractivity contribution < 1.29 is 18.0 Å². The summed E-state index contributed by atoms with van der Waals surface area (Å²) in [7, 11) is -4.28. The second kappa shape index (κ2) is 15.1. The molecule has 0 heterocycles. The van der Waals surface area contributed by atoms with Gasteiger partial charge in [-0.2, -0.15) is 0 Å². The molecule has 2 amide bonds. The van der Waals surface area contributed by atoms with Crippen LogP contribution in [-0.2, 0) is 32.6 Å². The number of benzene rings is 4. The standard InChI is InChI=1S/C36H38Cl3N3O4S/c1-24-14-17-28(20-25(24)2)42(47(45,46)29-18-15-27(37)16-19-29)23-34(43)41(22-30-31(38)12-9-13-32(30)39)33(35(44)40-36(3,4)5)21-26-10-7-6-8-11-26/h6-20,33H,21-23H2,1-5H3,(H,40,44). The third kappa shape index (κ3) is 9.29. The Morgan fingerprint density at radius 1 is 0.809 bits per heavy atom. The van der Waals surface area contributed by atoms with Crippen LogP contribution in [0, 0.1) is 13.8 Å². The van der Waals surface area contributed by atoms with Crippen LogP contribution in [0.15, 0.2) is 95.9 Å². The second-order valence-electron chi connectivity index (χ2n) is 12.4. The largest absolute Gasteiger partial charge is 0.350 e. The molecule has 7 nitrogen and oxygen atoms in total. The molecule has 0 aliphatic carbocycles. The molecule has 0 saturated carbocycles. The predicted octanol–water partition coefficient (Wildman–Crippen LogP) is 8.01. The Labute approximate surface area is 292 Å². The van der Waals surface area contributed by atoms with Crippen LogP contribution in [0.25, 0.3) is 0 Å². The smallest absolute Gasteiger partial charge is 0.264 e. The van der Waals surface area contributed by atoms with Crippen LogP contribution in [0.3, 0.4) is 0 Å². The molecule has 0 aromatic heterocycles. The first-order valence-corrected chi connectivity index (χ1v) is 17.6. The molecule has 0 spiro atoms. The van der Waals surface area contributed by atoms with E-state index in [4.69, 9.17) is 34.8 Å². The number of carbonyl (C=O) groups is 2. The number of nitrogens with zero attached hydrogens (tertiary/aromatic N) is 2. The highest BCUT2D eigenvalue weighted by atomic mass is 35.5. The van der Waals surface area contributed by atoms with Gasteiger partial charge in [-0.15, -0.1) is 0 Å². The summed E-state index contributed by atoms with van der Waals surface area (Å²) in [4.78, 5) is 30.0. The van der Waals surface area contributed by atoms with Crippen LogP contribution in [0.4, 0.5) is 5.69 Å². The number of sulfonamides is 1. The third-order valence-electron chi connectivity index (χ3n) is 7.62. The van der Waals surface area contributed by atoms with Gasteiger partial charge in [0.1, 0.15) is 12.6 Å². The lowest BCUT2D eigenvalue weighted by molar-refractivity contribution is -0.140. The van der Waals surface area contributed by atoms with Crippen molar-refractivity contribution >= 4 is 62.3 Å². The van der Waals surface area contributed by atoms with E-state index in [1.165, 1.54) is 29.2 Å². The molecule has 1 N–H and O–H groups in total. The van der Waals surface area contributed by atoms with E-state index in [9.17, 15) is 18.0 Å². The van der Waals surface area contributed by atoms with E-state index in [0.29, 0.717) is 26.3 Å². The van der Waals surface area contributed by atoms with E-state index >= 15 is 0 Å². The Morgan fingerprint density at radius 3 is 2.00 bits per heavy atom. The minimum Gasteiger partial charge on any atom is -0.350 e. The van der Waals surface area contributed by atoms with Gasteiger partial charge in [0.05, 0.1) is 10.6 Å². The molecule has 11 heteroatoms. The Hall–Kier alpha value is -3.56. The number of halogens is 3. The zero-order chi connectivity index (χ0) is 34.5. The van der Waals surface area contributed by atoms with E-state index in [0.717, 1.165) is 21.0 Å². The number of aryl methyl sites for hydroxylation is 2. The first-order valence-electron chi connectivity index (χ1n) is 15.0. The number of anilines is 1. The highest BCUT2D eigenvalue weighted by molar-refractivity contribution is 7.92. The minimum absolute atomic E-state index is 0.0417. The summed E-state index contributed by atoms with van der Waals surface area (Å²) in [6, 6.07) is 24.2. The maximum absolute atomic E-state index is 14.7. The molecule has 47 heavy (non-hydrogen) atoms. The molecule has 0 aliphatic rings. The average molecular weight is 715 g/mol. The number of nitrogens with one attached hydrogen (secondary N) is 1. The minimum atomic E-state index is -4.28. The average Bonchev–Trinajstić information content (AvgIpc) is 3.00. The summed E-state index contributed by atoms with van der Waals surface area (Å²) in [5.74, 6) is -1.03. The lowest BCUT2D eigenvalue weighted by atomic mass is 10.0. The van der Waals surface area contributed by atoms with Gasteiger partial charge in [-0.3, -0.25) is 13.9 Å². The zero-order valence-corrected chi connectivity index (χ0v) is 30.0. The van der Waals surface area contributed by atoms with Crippen LogP contribution in [0.2, 0.25) is 15.1 Å². The first kappa shape index (κ1) is 36.3. The van der Waals surface area contributed by atoms with Gasteiger partial charge in [0.2, 0.25) is 11.8 Å². The van der Waals surface area contributed by atoms with Crippen molar-refractivity contribution in [2.24, 2.45) is 0 Å². The molecule has 0 fully saturated rings. The number of hydrogen-bond acceptors (Lipinski definition) is 4. The summed E-state index contributed by atoms with van der Waals surface area (Å²) in [5, 5.41) is 4.00. The molecular weight excluding hydrogens is 677 g/mol. The summed E-state index contributed by atoms with van der Waals surface area (Å²) < 4.78 is 29.5. The molecule has 248 valence electrons. The Balaban J connectivity index is 1.87. The first-order chi connectivity index (χ1) is 22.1. The maximum atomic E-state index is 14.7. The van der Waals surface area contributed by atoms with E-state index < -0.39 is 40.0 Å². The van der Waals surface area contributed by atoms with E-state index in [-0.39, 0.29) is 17.9 Å². The van der Waals surface area contributed by atoms with Crippen molar-refractivity contribution in [3.8, 4) is 0 Å². The molecule has 1 unspecified atom stereocenters. The summed E-state index contributed by atoms with van der Waals surface area (Å²) in [6.45, 7) is 8.58. The zero-order valence-electron chi connectivity index (χ0n) is 26.9. The van der Waals surface area contributed by atoms with E-state index in [2.05, 4.69) is 5.32 Å². The molecule has 1 atom stereocenters. The van der Waals surface area contributed by atoms with Crippen LogP contribution in [0.1, 0.15) is 43.0 Å². The lowest BCUT2D eigenvalue weighted by Gasteiger charge is -2.35. The maximum Gasteiger partial charge on any atom is 0.264 e. The van der Waals surface area contributed by atoms with Crippen LogP contribution < -0.4 is 9.62 Å². The van der Waals surface area contributed by atoms with Gasteiger partial charge in [0, 0.05) is 39.1 Å². The molecule has 0 saturated heterocycles. The molecule has 0 radical (unpaired) electrons. The fourth-order valence-corrected chi connectivity index (χ4v) is 7.05. The topological polar surface area (TPSA) is 86.8 Å². The Bertz CT molecular complexity index is 1820. The molecular formula is C36H38Cl3N3O4S. The molecule has 4 aromatic carbocycles. The molecule has 0 bridgehead atoms. The van der Waals surface area contributed by atoms with Crippen molar-refractivity contribution in [3.05, 3.63) is 128 Å². The monoisotopic (exact) mass is 713 g/mol. The summed E-state index contributed by atoms with van der Waals surface area (Å²) in [5.41, 5.74) is 2.73. The fourth-order valence-electron chi connectivity index (χ4n) is 5.00. The van der Waals surface area contributed by atoms with Gasteiger partial charge in [-0.25, -0.2) is 8.42 Å². The fraction of sp³-hybridized carbons (Fsp3) is 0.278. The predicted molar refractivity (Wildman–Crippen MR) is 191 cm³/mol. The van der Waals surface area contributed by atoms with Gasteiger partial charge >= 0.3 is 0 Å². The van der Waals surface area contributed by atoms with Crippen LogP contribution in [0.5, 0.6) is 0 Å². The molecule has 0 aliphatic heterocycles. The highest BCUT2D eigenvalue weighted by Crippen LogP contribution is 2.30. The van der Waals surface area contributed by atoms with Crippen molar-refractivity contribution in [3.63, 3.8) is 0 Å². The Morgan fingerprint density at radius 2 is 1.43 bits per heavy atom. The summed E-state index contributed by atoms with van der Waals surface area (Å²) in [6.07, 6.45) is 0.157. The second-order valence-corrected chi connectivity index (χ2v) is 15.5. The number of carbonyl (C=O) groups excluding carboxylic acids is 2. The number of hydrogen-bond donors (Lipinski definition) is 1. The van der Waals surface area contributed by atoms with Gasteiger partial charge in [-0.05, 0) is 99.8 Å². The highest BCUT2D eigenvalue weighted by Gasteiger charge is 2.36. The van der Waals surface area contributed by atoms with E-state index in [1.54, 1.807) is 36.4 Å². The van der Waals surface area contributed by atoms with Crippen molar-refractivity contribution in [2.45, 2.75) is 64.1 Å². The lowest BCUT2D eigenvalue weighted by Crippen LogP contribution is -2.56. The SMILES string of the molecule is Cc1ccc(N(CC(=O)N(Cc2c(Cl)cccc2Cl)C(Cc2ccccc2)C(=O)NC(C)(C)C)S(=O)(=O)c2ccc(Cl)cc2)cc1C. The van der Waals surface area contributed by atoms with E-state index in [1.807, 2.05) is 65.0 Å². The van der Waals surface area contributed by atoms with Gasteiger partial charge in [0.25, 0.3) is 10.0 Å².